The van der Waals surface area contributed by atoms with E-state index in [1.807, 2.05) is 0 Å². The molecule has 1 saturated heterocycles. The molecule has 2 unspecified atom stereocenters. The summed E-state index contributed by atoms with van der Waals surface area (Å²) in [5, 5.41) is 3.56. The maximum atomic E-state index is 9.18. The Bertz CT molecular complexity index is 149. The average molecular weight is 199 g/mol. The summed E-state index contributed by atoms with van der Waals surface area (Å²) < 4.78 is 4.15. The highest BCUT2D eigenvalue weighted by atomic mass is 16.5. The number of carbonyl (C=O) groups excluding carboxylic acids is 1. The molecule has 0 bridgehead atoms. The first kappa shape index (κ1) is 11.5. The zero-order valence-corrected chi connectivity index (χ0v) is 9.00. The molecule has 3 heteroatoms. The Morgan fingerprint density at radius 3 is 2.71 bits per heavy atom. The van der Waals surface area contributed by atoms with Crippen LogP contribution in [0.2, 0.25) is 0 Å². The third kappa shape index (κ3) is 3.66. The van der Waals surface area contributed by atoms with Crippen LogP contribution in [-0.2, 0) is 9.53 Å². The number of fused-ring (bicyclic) bond motifs is 1. The molecule has 0 aromatic rings. The molecule has 2 atom stereocenters. The Labute approximate surface area is 86.2 Å². The molecule has 0 aromatic carbocycles. The monoisotopic (exact) mass is 199 g/mol. The average Bonchev–Trinajstić information content (AvgIpc) is 2.67. The van der Waals surface area contributed by atoms with Crippen LogP contribution in [0, 0.1) is 5.92 Å². The van der Waals surface area contributed by atoms with Gasteiger partial charge in [-0.05, 0) is 38.6 Å². The number of ether oxygens (including phenoxy) is 1. The molecule has 0 aromatic heterocycles. The molecule has 2 aliphatic rings. The van der Waals surface area contributed by atoms with Crippen molar-refractivity contribution in [1.29, 1.82) is 0 Å². The fourth-order valence-corrected chi connectivity index (χ4v) is 2.34. The molecule has 2 rings (SSSR count). The lowest BCUT2D eigenvalue weighted by molar-refractivity contribution is -0.128. The van der Waals surface area contributed by atoms with Crippen LogP contribution in [0.25, 0.3) is 0 Å². The summed E-state index contributed by atoms with van der Waals surface area (Å²) in [6.07, 6.45) is 7.35. The lowest BCUT2D eigenvalue weighted by Gasteiger charge is -2.24. The number of nitrogens with one attached hydrogen (secondary N) is 1. The standard InChI is InChI=1S/C8H15N.C3H6O2/c1-2-4-8-7(3-1)5-6-9-8;1-2-5-3-4/h7-9H,1-6H2;3H,2H2,1H3. The molecule has 0 amide bonds. The molecule has 3 nitrogen and oxygen atoms in total. The number of rotatable bonds is 2. The number of hydrogen-bond acceptors (Lipinski definition) is 3. The van der Waals surface area contributed by atoms with Gasteiger partial charge >= 0.3 is 0 Å². The number of carbonyl (C=O) groups is 1. The zero-order chi connectivity index (χ0) is 10.2. The van der Waals surface area contributed by atoms with Gasteiger partial charge in [-0.2, -0.15) is 0 Å². The molecule has 1 aliphatic heterocycles. The molecular weight excluding hydrogens is 178 g/mol. The maximum Gasteiger partial charge on any atom is 0.293 e. The Morgan fingerprint density at radius 1 is 1.36 bits per heavy atom. The minimum Gasteiger partial charge on any atom is -0.468 e. The predicted octanol–water partition coefficient (Wildman–Crippen LogP) is 1.72. The smallest absolute Gasteiger partial charge is 0.293 e. The first-order valence-corrected chi connectivity index (χ1v) is 5.67. The fraction of sp³-hybridized carbons (Fsp3) is 0.909. The van der Waals surface area contributed by atoms with E-state index < -0.39 is 0 Å². The van der Waals surface area contributed by atoms with Crippen LogP contribution in [0.1, 0.15) is 39.0 Å². The van der Waals surface area contributed by atoms with Gasteiger partial charge in [0.15, 0.2) is 0 Å². The highest BCUT2D eigenvalue weighted by Crippen LogP contribution is 2.29. The van der Waals surface area contributed by atoms with Gasteiger partial charge in [0.25, 0.3) is 6.47 Å². The van der Waals surface area contributed by atoms with Crippen molar-refractivity contribution in [1.82, 2.24) is 5.32 Å². The van der Waals surface area contributed by atoms with Crippen molar-refractivity contribution in [2.75, 3.05) is 13.2 Å². The summed E-state index contributed by atoms with van der Waals surface area (Å²) in [6.45, 7) is 3.95. The van der Waals surface area contributed by atoms with Gasteiger partial charge in [-0.1, -0.05) is 12.8 Å². The third-order valence-corrected chi connectivity index (χ3v) is 3.07. The van der Waals surface area contributed by atoms with Crippen LogP contribution in [-0.4, -0.2) is 25.7 Å². The van der Waals surface area contributed by atoms with Crippen molar-refractivity contribution in [2.24, 2.45) is 5.92 Å². The molecule has 1 heterocycles. The van der Waals surface area contributed by atoms with E-state index in [9.17, 15) is 4.79 Å². The molecule has 2 fully saturated rings. The largest absolute Gasteiger partial charge is 0.468 e. The van der Waals surface area contributed by atoms with Crippen molar-refractivity contribution in [3.63, 3.8) is 0 Å². The van der Waals surface area contributed by atoms with E-state index in [1.54, 1.807) is 6.92 Å². The molecule has 1 saturated carbocycles. The van der Waals surface area contributed by atoms with E-state index in [0.29, 0.717) is 13.1 Å². The second-order valence-electron chi connectivity index (χ2n) is 3.95. The van der Waals surface area contributed by atoms with Crippen LogP contribution in [0.3, 0.4) is 0 Å². The lowest BCUT2D eigenvalue weighted by atomic mass is 9.86. The second kappa shape index (κ2) is 6.82. The minimum absolute atomic E-state index is 0.431. The first-order chi connectivity index (χ1) is 6.88. The van der Waals surface area contributed by atoms with Gasteiger partial charge in [0, 0.05) is 6.04 Å². The fourth-order valence-electron chi connectivity index (χ4n) is 2.34. The molecule has 1 aliphatic carbocycles. The Kier molecular flexibility index (Phi) is 5.60. The Morgan fingerprint density at radius 2 is 2.14 bits per heavy atom. The highest BCUT2D eigenvalue weighted by molar-refractivity contribution is 5.36. The zero-order valence-electron chi connectivity index (χ0n) is 9.00. The first-order valence-electron chi connectivity index (χ1n) is 5.67. The van der Waals surface area contributed by atoms with Crippen LogP contribution >= 0.6 is 0 Å². The molecular formula is C11H21NO2. The van der Waals surface area contributed by atoms with Crippen LogP contribution in [0.4, 0.5) is 0 Å². The van der Waals surface area contributed by atoms with Crippen LogP contribution < -0.4 is 5.32 Å². The van der Waals surface area contributed by atoms with Crippen LogP contribution in [0.15, 0.2) is 0 Å². The lowest BCUT2D eigenvalue weighted by Crippen LogP contribution is -2.29. The summed E-state index contributed by atoms with van der Waals surface area (Å²) in [6, 6.07) is 0.916. The second-order valence-corrected chi connectivity index (χ2v) is 3.95. The van der Waals surface area contributed by atoms with Crippen molar-refractivity contribution < 1.29 is 9.53 Å². The SMILES string of the molecule is C1CCC2NCCC2C1.CCOC=O. The van der Waals surface area contributed by atoms with Gasteiger partial charge in [-0.3, -0.25) is 4.79 Å². The van der Waals surface area contributed by atoms with Gasteiger partial charge in [-0.15, -0.1) is 0 Å². The van der Waals surface area contributed by atoms with Crippen molar-refractivity contribution >= 4 is 6.47 Å². The third-order valence-electron chi connectivity index (χ3n) is 3.07. The molecule has 14 heavy (non-hydrogen) atoms. The van der Waals surface area contributed by atoms with Crippen LogP contribution in [0.5, 0.6) is 0 Å². The topological polar surface area (TPSA) is 38.3 Å². The van der Waals surface area contributed by atoms with Gasteiger partial charge in [0.1, 0.15) is 0 Å². The van der Waals surface area contributed by atoms with E-state index in [0.717, 1.165) is 12.0 Å². The highest BCUT2D eigenvalue weighted by Gasteiger charge is 2.28. The summed E-state index contributed by atoms with van der Waals surface area (Å²) in [5.41, 5.74) is 0. The predicted molar refractivity (Wildman–Crippen MR) is 56.1 cm³/mol. The van der Waals surface area contributed by atoms with Gasteiger partial charge in [-0.25, -0.2) is 0 Å². The van der Waals surface area contributed by atoms with E-state index in [1.165, 1.54) is 38.6 Å². The van der Waals surface area contributed by atoms with Crippen molar-refractivity contribution in [3.05, 3.63) is 0 Å². The maximum absolute atomic E-state index is 9.18. The van der Waals surface area contributed by atoms with E-state index >= 15 is 0 Å². The number of hydrogen-bond donors (Lipinski definition) is 1. The van der Waals surface area contributed by atoms with Gasteiger partial charge in [0.05, 0.1) is 6.61 Å². The summed E-state index contributed by atoms with van der Waals surface area (Å²) in [4.78, 5) is 9.18. The summed E-state index contributed by atoms with van der Waals surface area (Å²) >= 11 is 0. The van der Waals surface area contributed by atoms with E-state index in [2.05, 4.69) is 10.1 Å². The normalized spacial score (nSPS) is 29.8. The van der Waals surface area contributed by atoms with Crippen molar-refractivity contribution in [2.45, 2.75) is 45.1 Å². The van der Waals surface area contributed by atoms with E-state index in [-0.39, 0.29) is 0 Å². The molecule has 0 radical (unpaired) electrons. The van der Waals surface area contributed by atoms with E-state index in [4.69, 9.17) is 0 Å². The molecule has 1 N–H and O–H groups in total. The molecule has 82 valence electrons. The summed E-state index contributed by atoms with van der Waals surface area (Å²) in [5.74, 6) is 1.05. The van der Waals surface area contributed by atoms with Gasteiger partial charge in [0.2, 0.25) is 0 Å². The minimum atomic E-state index is 0.431. The summed E-state index contributed by atoms with van der Waals surface area (Å²) in [7, 11) is 0. The molecule has 0 spiro atoms. The Balaban J connectivity index is 0.000000171. The quantitative estimate of drug-likeness (QED) is 0.688. The van der Waals surface area contributed by atoms with Crippen molar-refractivity contribution in [3.8, 4) is 0 Å². The Hall–Kier alpha value is -0.570. The van der Waals surface area contributed by atoms with Gasteiger partial charge < -0.3 is 10.1 Å².